The first kappa shape index (κ1) is 9.06. The van der Waals surface area contributed by atoms with Gasteiger partial charge in [0.15, 0.2) is 5.04 Å². The highest BCUT2D eigenvalue weighted by molar-refractivity contribution is 8.16. The van der Waals surface area contributed by atoms with Crippen LogP contribution >= 0.6 is 11.8 Å². The van der Waals surface area contributed by atoms with Gasteiger partial charge in [-0.05, 0) is 19.8 Å². The van der Waals surface area contributed by atoms with E-state index in [2.05, 4.69) is 24.2 Å². The summed E-state index contributed by atoms with van der Waals surface area (Å²) in [6, 6.07) is 0.715. The van der Waals surface area contributed by atoms with Gasteiger partial charge in [-0.25, -0.2) is 0 Å². The maximum absolute atomic E-state index is 11.5. The molecule has 2 aliphatic rings. The molecule has 1 N–H and O–H groups in total. The molecule has 13 heavy (non-hydrogen) atoms. The van der Waals surface area contributed by atoms with Crippen molar-refractivity contribution < 1.29 is 4.79 Å². The van der Waals surface area contributed by atoms with E-state index < -0.39 is 0 Å². The molecule has 4 heteroatoms. The molecule has 0 spiro atoms. The summed E-state index contributed by atoms with van der Waals surface area (Å²) in [5.74, 6) is 0.0312. The number of hydrogen-bond acceptors (Lipinski definition) is 3. The van der Waals surface area contributed by atoms with Crippen LogP contribution in [0.5, 0.6) is 0 Å². The van der Waals surface area contributed by atoms with Crippen molar-refractivity contribution in [3.05, 3.63) is 0 Å². The first-order valence-corrected chi connectivity index (χ1v) is 5.60. The highest BCUT2D eigenvalue weighted by Crippen LogP contribution is 2.27. The van der Waals surface area contributed by atoms with Crippen LogP contribution in [0.15, 0.2) is 4.99 Å². The summed E-state index contributed by atoms with van der Waals surface area (Å²) in [7, 11) is 0. The minimum Gasteiger partial charge on any atom is -0.348 e. The number of thioether (sulfide) groups is 1. The van der Waals surface area contributed by atoms with Crippen LogP contribution < -0.4 is 5.32 Å². The van der Waals surface area contributed by atoms with Crippen molar-refractivity contribution in [3.8, 4) is 0 Å². The lowest BCUT2D eigenvalue weighted by Gasteiger charge is -2.03. The van der Waals surface area contributed by atoms with Gasteiger partial charge in [-0.2, -0.15) is 0 Å². The van der Waals surface area contributed by atoms with Gasteiger partial charge in [-0.3, -0.25) is 9.79 Å². The van der Waals surface area contributed by atoms with Crippen molar-refractivity contribution in [2.45, 2.75) is 44.0 Å². The lowest BCUT2D eigenvalue weighted by molar-refractivity contribution is -0.114. The van der Waals surface area contributed by atoms with E-state index in [4.69, 9.17) is 0 Å². The SMILES string of the molecule is CC1N=C(C(=O)NC2CC2)SC1C. The third kappa shape index (κ3) is 2.05. The maximum Gasteiger partial charge on any atom is 0.276 e. The van der Waals surface area contributed by atoms with Crippen molar-refractivity contribution in [1.82, 2.24) is 5.32 Å². The van der Waals surface area contributed by atoms with E-state index in [0.717, 1.165) is 12.8 Å². The zero-order chi connectivity index (χ0) is 9.42. The minimum atomic E-state index is 0.0312. The number of amides is 1. The standard InChI is InChI=1S/C9H14N2OS/c1-5-6(2)13-9(10-5)8(12)11-7-3-4-7/h5-7H,3-4H2,1-2H3,(H,11,12). The normalized spacial score (nSPS) is 32.9. The monoisotopic (exact) mass is 198 g/mol. The van der Waals surface area contributed by atoms with Crippen LogP contribution in [0.4, 0.5) is 0 Å². The van der Waals surface area contributed by atoms with E-state index in [1.807, 2.05) is 0 Å². The molecule has 3 nitrogen and oxygen atoms in total. The Morgan fingerprint density at radius 2 is 2.23 bits per heavy atom. The molecule has 1 saturated carbocycles. The molecule has 1 aliphatic heterocycles. The van der Waals surface area contributed by atoms with E-state index >= 15 is 0 Å². The summed E-state index contributed by atoms with van der Waals surface area (Å²) < 4.78 is 0. The Kier molecular flexibility index (Phi) is 2.32. The molecule has 0 saturated heterocycles. The molecule has 2 unspecified atom stereocenters. The maximum atomic E-state index is 11.5. The van der Waals surface area contributed by atoms with Gasteiger partial charge in [0.2, 0.25) is 0 Å². The van der Waals surface area contributed by atoms with E-state index in [1.54, 1.807) is 11.8 Å². The molecule has 0 aromatic heterocycles. The molecule has 2 rings (SSSR count). The van der Waals surface area contributed by atoms with Gasteiger partial charge in [0.1, 0.15) is 0 Å². The summed E-state index contributed by atoms with van der Waals surface area (Å²) in [4.78, 5) is 15.8. The number of nitrogens with zero attached hydrogens (tertiary/aromatic N) is 1. The van der Waals surface area contributed by atoms with Crippen molar-refractivity contribution >= 4 is 22.7 Å². The van der Waals surface area contributed by atoms with Gasteiger partial charge >= 0.3 is 0 Å². The van der Waals surface area contributed by atoms with Crippen LogP contribution in [-0.2, 0) is 4.79 Å². The highest BCUT2D eigenvalue weighted by atomic mass is 32.2. The molecular weight excluding hydrogens is 184 g/mol. The van der Waals surface area contributed by atoms with Crippen LogP contribution in [0.3, 0.4) is 0 Å². The summed E-state index contributed by atoms with van der Waals surface area (Å²) in [6.45, 7) is 4.16. The zero-order valence-corrected chi connectivity index (χ0v) is 8.73. The summed E-state index contributed by atoms with van der Waals surface area (Å²) in [5.41, 5.74) is 0. The predicted octanol–water partition coefficient (Wildman–Crippen LogP) is 1.19. The quantitative estimate of drug-likeness (QED) is 0.724. The number of hydrogen-bond donors (Lipinski definition) is 1. The van der Waals surface area contributed by atoms with Gasteiger partial charge in [0, 0.05) is 11.3 Å². The molecular formula is C9H14N2OS. The lowest BCUT2D eigenvalue weighted by atomic mass is 10.3. The Bertz CT molecular complexity index is 260. The molecule has 72 valence electrons. The van der Waals surface area contributed by atoms with Crippen LogP contribution in [-0.4, -0.2) is 28.3 Å². The van der Waals surface area contributed by atoms with Crippen molar-refractivity contribution in [3.63, 3.8) is 0 Å². The zero-order valence-electron chi connectivity index (χ0n) is 7.91. The molecule has 1 fully saturated rings. The van der Waals surface area contributed by atoms with Gasteiger partial charge in [-0.15, -0.1) is 0 Å². The first-order valence-electron chi connectivity index (χ1n) is 4.72. The molecule has 2 atom stereocenters. The number of carbonyl (C=O) groups is 1. The van der Waals surface area contributed by atoms with Crippen LogP contribution in [0.2, 0.25) is 0 Å². The van der Waals surface area contributed by atoms with Gasteiger partial charge < -0.3 is 5.32 Å². The number of aliphatic imine (C=N–C) groups is 1. The number of carbonyl (C=O) groups excluding carboxylic acids is 1. The fraction of sp³-hybridized carbons (Fsp3) is 0.778. The van der Waals surface area contributed by atoms with Crippen molar-refractivity contribution in [2.24, 2.45) is 4.99 Å². The third-order valence-electron chi connectivity index (χ3n) is 2.40. The average Bonchev–Trinajstić information content (AvgIpc) is 2.81. The number of rotatable bonds is 2. The first-order chi connectivity index (χ1) is 6.16. The van der Waals surface area contributed by atoms with Gasteiger partial charge in [-0.1, -0.05) is 18.7 Å². The Labute approximate surface area is 82.4 Å². The molecule has 1 heterocycles. The third-order valence-corrected chi connectivity index (χ3v) is 3.68. The van der Waals surface area contributed by atoms with Crippen molar-refractivity contribution in [1.29, 1.82) is 0 Å². The minimum absolute atomic E-state index is 0.0312. The fourth-order valence-corrected chi connectivity index (χ4v) is 2.18. The van der Waals surface area contributed by atoms with E-state index in [0.29, 0.717) is 16.3 Å². The average molecular weight is 198 g/mol. The highest BCUT2D eigenvalue weighted by Gasteiger charge is 2.30. The number of nitrogens with one attached hydrogen (secondary N) is 1. The molecule has 1 amide bonds. The Balaban J connectivity index is 1.92. The summed E-state index contributed by atoms with van der Waals surface area (Å²) >= 11 is 1.59. The summed E-state index contributed by atoms with van der Waals surface area (Å²) in [5, 5.41) is 4.06. The second-order valence-corrected chi connectivity index (χ2v) is 5.11. The van der Waals surface area contributed by atoms with E-state index in [-0.39, 0.29) is 11.9 Å². The Morgan fingerprint density at radius 3 is 2.69 bits per heavy atom. The molecule has 0 aromatic carbocycles. The van der Waals surface area contributed by atoms with E-state index in [9.17, 15) is 4.79 Å². The van der Waals surface area contributed by atoms with Crippen LogP contribution in [0.25, 0.3) is 0 Å². The second kappa shape index (κ2) is 3.33. The largest absolute Gasteiger partial charge is 0.348 e. The molecule has 0 bridgehead atoms. The van der Waals surface area contributed by atoms with Gasteiger partial charge in [0.25, 0.3) is 5.91 Å². The second-order valence-electron chi connectivity index (χ2n) is 3.75. The molecule has 0 aromatic rings. The topological polar surface area (TPSA) is 41.5 Å². The summed E-state index contributed by atoms with van der Waals surface area (Å²) in [6.07, 6.45) is 2.27. The predicted molar refractivity (Wildman–Crippen MR) is 55.1 cm³/mol. The van der Waals surface area contributed by atoms with Gasteiger partial charge in [0.05, 0.1) is 6.04 Å². The lowest BCUT2D eigenvalue weighted by Crippen LogP contribution is -2.30. The Hall–Kier alpha value is -0.510. The molecule has 0 radical (unpaired) electrons. The fourth-order valence-electron chi connectivity index (χ4n) is 1.18. The van der Waals surface area contributed by atoms with E-state index in [1.165, 1.54) is 0 Å². The van der Waals surface area contributed by atoms with Crippen LogP contribution in [0.1, 0.15) is 26.7 Å². The Morgan fingerprint density at radius 1 is 1.54 bits per heavy atom. The van der Waals surface area contributed by atoms with Crippen LogP contribution in [0, 0.1) is 0 Å². The smallest absolute Gasteiger partial charge is 0.276 e. The molecule has 1 aliphatic carbocycles. The van der Waals surface area contributed by atoms with Crippen molar-refractivity contribution in [2.75, 3.05) is 0 Å².